The van der Waals surface area contributed by atoms with Crippen LogP contribution in [0.1, 0.15) is 12.5 Å². The number of carbonyl (C=O) groups excluding carboxylic acids is 1. The van der Waals surface area contributed by atoms with Crippen LogP contribution in [0, 0.1) is 0 Å². The van der Waals surface area contributed by atoms with Crippen LogP contribution in [-0.4, -0.2) is 15.5 Å². The summed E-state index contributed by atoms with van der Waals surface area (Å²) in [5.74, 6) is -0.269. The standard InChI is InChI=1S/C20H18ClN3O2/c1-2-14-5-3-4-6-17(14)23-19(25)12-24-13-22-18(11-20(24)26)15-7-9-16(21)10-8-15/h3-11,13H,2,12H2,1H3,(H,23,25). The Bertz CT molecular complexity index is 981. The van der Waals surface area contributed by atoms with Crippen LogP contribution >= 0.6 is 11.6 Å². The molecule has 0 radical (unpaired) electrons. The summed E-state index contributed by atoms with van der Waals surface area (Å²) >= 11 is 5.87. The van der Waals surface area contributed by atoms with Gasteiger partial charge in [-0.25, -0.2) is 4.98 Å². The number of nitrogens with one attached hydrogen (secondary N) is 1. The Kier molecular flexibility index (Phi) is 5.49. The van der Waals surface area contributed by atoms with Crippen LogP contribution in [0.25, 0.3) is 11.3 Å². The number of hydrogen-bond acceptors (Lipinski definition) is 3. The summed E-state index contributed by atoms with van der Waals surface area (Å²) in [6.07, 6.45) is 2.20. The second kappa shape index (κ2) is 7.97. The average molecular weight is 368 g/mol. The van der Waals surface area contributed by atoms with Crippen molar-refractivity contribution in [2.75, 3.05) is 5.32 Å². The van der Waals surface area contributed by atoms with Crippen molar-refractivity contribution >= 4 is 23.2 Å². The summed E-state index contributed by atoms with van der Waals surface area (Å²) in [6, 6.07) is 16.1. The van der Waals surface area contributed by atoms with Crippen molar-refractivity contribution in [3.8, 4) is 11.3 Å². The Morgan fingerprint density at radius 2 is 1.88 bits per heavy atom. The molecule has 0 aliphatic rings. The van der Waals surface area contributed by atoms with E-state index < -0.39 is 0 Å². The molecule has 3 rings (SSSR count). The van der Waals surface area contributed by atoms with E-state index in [2.05, 4.69) is 10.3 Å². The number of hydrogen-bond donors (Lipinski definition) is 1. The smallest absolute Gasteiger partial charge is 0.254 e. The van der Waals surface area contributed by atoms with Crippen molar-refractivity contribution < 1.29 is 4.79 Å². The molecule has 0 bridgehead atoms. The number of nitrogens with zero attached hydrogens (tertiary/aromatic N) is 2. The van der Waals surface area contributed by atoms with E-state index in [0.29, 0.717) is 10.7 Å². The fourth-order valence-corrected chi connectivity index (χ4v) is 2.74. The number of amides is 1. The van der Waals surface area contributed by atoms with Crippen molar-refractivity contribution in [3.63, 3.8) is 0 Å². The van der Waals surface area contributed by atoms with Crippen LogP contribution in [0.15, 0.2) is 65.7 Å². The van der Waals surface area contributed by atoms with Gasteiger partial charge >= 0.3 is 0 Å². The molecule has 26 heavy (non-hydrogen) atoms. The molecule has 3 aromatic rings. The number of benzene rings is 2. The van der Waals surface area contributed by atoms with E-state index in [1.807, 2.05) is 31.2 Å². The molecule has 1 heterocycles. The number of halogens is 1. The normalized spacial score (nSPS) is 10.5. The van der Waals surface area contributed by atoms with E-state index in [9.17, 15) is 9.59 Å². The monoisotopic (exact) mass is 367 g/mol. The fraction of sp³-hybridized carbons (Fsp3) is 0.150. The highest BCUT2D eigenvalue weighted by Crippen LogP contribution is 2.18. The molecule has 1 N–H and O–H groups in total. The number of aromatic nitrogens is 2. The lowest BCUT2D eigenvalue weighted by molar-refractivity contribution is -0.116. The largest absolute Gasteiger partial charge is 0.324 e. The summed E-state index contributed by atoms with van der Waals surface area (Å²) in [7, 11) is 0. The van der Waals surface area contributed by atoms with E-state index >= 15 is 0 Å². The number of rotatable bonds is 5. The second-order valence-electron chi connectivity index (χ2n) is 5.81. The third kappa shape index (κ3) is 4.18. The first-order valence-corrected chi connectivity index (χ1v) is 8.65. The first-order chi connectivity index (χ1) is 12.6. The maximum Gasteiger partial charge on any atom is 0.254 e. The molecule has 0 saturated heterocycles. The van der Waals surface area contributed by atoms with Crippen molar-refractivity contribution in [2.45, 2.75) is 19.9 Å². The molecule has 6 heteroatoms. The van der Waals surface area contributed by atoms with Gasteiger partial charge in [0, 0.05) is 22.3 Å². The first-order valence-electron chi connectivity index (χ1n) is 8.27. The van der Waals surface area contributed by atoms with Gasteiger partial charge in [0.1, 0.15) is 6.54 Å². The Hall–Kier alpha value is -2.92. The SMILES string of the molecule is CCc1ccccc1NC(=O)Cn1cnc(-c2ccc(Cl)cc2)cc1=O. The maximum atomic E-state index is 12.3. The second-order valence-corrected chi connectivity index (χ2v) is 6.24. The Labute approximate surface area is 156 Å². The summed E-state index contributed by atoms with van der Waals surface area (Å²) in [5, 5.41) is 3.47. The van der Waals surface area contributed by atoms with Gasteiger partial charge in [-0.1, -0.05) is 48.9 Å². The van der Waals surface area contributed by atoms with Gasteiger partial charge in [0.25, 0.3) is 5.56 Å². The zero-order chi connectivity index (χ0) is 18.5. The quantitative estimate of drug-likeness (QED) is 0.746. The highest BCUT2D eigenvalue weighted by atomic mass is 35.5. The average Bonchev–Trinajstić information content (AvgIpc) is 2.64. The lowest BCUT2D eigenvalue weighted by Gasteiger charge is -2.11. The fourth-order valence-electron chi connectivity index (χ4n) is 2.62. The van der Waals surface area contributed by atoms with Gasteiger partial charge in [0.2, 0.25) is 5.91 Å². The minimum Gasteiger partial charge on any atom is -0.324 e. The molecule has 0 atom stereocenters. The predicted molar refractivity (Wildman–Crippen MR) is 103 cm³/mol. The van der Waals surface area contributed by atoms with Gasteiger partial charge in [0.05, 0.1) is 12.0 Å². The van der Waals surface area contributed by atoms with Crippen LogP contribution in [-0.2, 0) is 17.8 Å². The summed E-state index contributed by atoms with van der Waals surface area (Å²) in [5.41, 5.74) is 2.85. The van der Waals surface area contributed by atoms with Crippen LogP contribution in [0.2, 0.25) is 5.02 Å². The molecule has 0 fully saturated rings. The Morgan fingerprint density at radius 3 is 2.58 bits per heavy atom. The van der Waals surface area contributed by atoms with Crippen molar-refractivity contribution in [3.05, 3.63) is 81.9 Å². The van der Waals surface area contributed by atoms with Gasteiger partial charge in [0.15, 0.2) is 0 Å². The molecule has 132 valence electrons. The summed E-state index contributed by atoms with van der Waals surface area (Å²) in [4.78, 5) is 28.9. The number of anilines is 1. The van der Waals surface area contributed by atoms with Crippen LogP contribution in [0.5, 0.6) is 0 Å². The number of carbonyl (C=O) groups is 1. The maximum absolute atomic E-state index is 12.3. The molecular formula is C20H18ClN3O2. The van der Waals surface area contributed by atoms with E-state index in [4.69, 9.17) is 11.6 Å². The molecule has 5 nitrogen and oxygen atoms in total. The van der Waals surface area contributed by atoms with Gasteiger partial charge in [-0.2, -0.15) is 0 Å². The lowest BCUT2D eigenvalue weighted by Crippen LogP contribution is -2.27. The van der Waals surface area contributed by atoms with Crippen molar-refractivity contribution in [1.82, 2.24) is 9.55 Å². The van der Waals surface area contributed by atoms with Gasteiger partial charge < -0.3 is 5.32 Å². The highest BCUT2D eigenvalue weighted by molar-refractivity contribution is 6.30. The van der Waals surface area contributed by atoms with Gasteiger partial charge in [-0.15, -0.1) is 0 Å². The summed E-state index contributed by atoms with van der Waals surface area (Å²) < 4.78 is 1.28. The molecule has 2 aromatic carbocycles. The lowest BCUT2D eigenvalue weighted by atomic mass is 10.1. The van der Waals surface area contributed by atoms with E-state index in [1.165, 1.54) is 17.0 Å². The Balaban J connectivity index is 1.75. The number of aryl methyl sites for hydroxylation is 1. The molecule has 1 aromatic heterocycles. The van der Waals surface area contributed by atoms with E-state index in [0.717, 1.165) is 23.2 Å². The van der Waals surface area contributed by atoms with E-state index in [-0.39, 0.29) is 18.0 Å². The van der Waals surface area contributed by atoms with Crippen molar-refractivity contribution in [1.29, 1.82) is 0 Å². The number of para-hydroxylation sites is 1. The summed E-state index contributed by atoms with van der Waals surface area (Å²) in [6.45, 7) is 1.93. The van der Waals surface area contributed by atoms with Gasteiger partial charge in [-0.05, 0) is 30.2 Å². The zero-order valence-corrected chi connectivity index (χ0v) is 15.0. The minimum absolute atomic E-state index is 0.0925. The molecule has 1 amide bonds. The molecule has 0 saturated carbocycles. The molecule has 0 unspecified atom stereocenters. The third-order valence-electron chi connectivity index (χ3n) is 4.01. The van der Waals surface area contributed by atoms with Crippen LogP contribution in [0.3, 0.4) is 0 Å². The Morgan fingerprint density at radius 1 is 1.15 bits per heavy atom. The molecule has 0 spiro atoms. The highest BCUT2D eigenvalue weighted by Gasteiger charge is 2.09. The molecule has 0 aliphatic heterocycles. The minimum atomic E-state index is -0.288. The van der Waals surface area contributed by atoms with Crippen LogP contribution in [0.4, 0.5) is 5.69 Å². The van der Waals surface area contributed by atoms with Crippen LogP contribution < -0.4 is 10.9 Å². The topological polar surface area (TPSA) is 64.0 Å². The molecular weight excluding hydrogens is 350 g/mol. The van der Waals surface area contributed by atoms with Crippen molar-refractivity contribution in [2.24, 2.45) is 0 Å². The van der Waals surface area contributed by atoms with Gasteiger partial charge in [-0.3, -0.25) is 14.2 Å². The van der Waals surface area contributed by atoms with E-state index in [1.54, 1.807) is 24.3 Å². The zero-order valence-electron chi connectivity index (χ0n) is 14.3. The predicted octanol–water partition coefficient (Wildman–Crippen LogP) is 3.76. The molecule has 0 aliphatic carbocycles. The third-order valence-corrected chi connectivity index (χ3v) is 4.26. The first kappa shape index (κ1) is 17.9.